The summed E-state index contributed by atoms with van der Waals surface area (Å²) in [7, 11) is 1.58. The second-order valence-electron chi connectivity index (χ2n) is 6.46. The summed E-state index contributed by atoms with van der Waals surface area (Å²) in [5.74, 6) is 0.549. The molecule has 0 radical (unpaired) electrons. The Morgan fingerprint density at radius 3 is 3.04 bits per heavy atom. The summed E-state index contributed by atoms with van der Waals surface area (Å²) in [5, 5.41) is 8.71. The highest BCUT2D eigenvalue weighted by Crippen LogP contribution is 2.29. The average molecular weight is 393 g/mol. The normalized spacial score (nSPS) is 12.4. The molecule has 6 nitrogen and oxygen atoms in total. The van der Waals surface area contributed by atoms with Crippen LogP contribution in [0, 0.1) is 0 Å². The van der Waals surface area contributed by atoms with Gasteiger partial charge in [0.15, 0.2) is 0 Å². The van der Waals surface area contributed by atoms with Gasteiger partial charge in [-0.25, -0.2) is 4.98 Å². The van der Waals surface area contributed by atoms with Gasteiger partial charge in [-0.1, -0.05) is 12.1 Å². The van der Waals surface area contributed by atoms with E-state index in [1.165, 1.54) is 0 Å². The Labute approximate surface area is 166 Å². The zero-order valence-corrected chi connectivity index (χ0v) is 16.1. The largest absolute Gasteiger partial charge is 0.497 e. The van der Waals surface area contributed by atoms with Gasteiger partial charge in [-0.15, -0.1) is 11.3 Å². The van der Waals surface area contributed by atoms with E-state index in [0.29, 0.717) is 30.7 Å². The van der Waals surface area contributed by atoms with Crippen molar-refractivity contribution >= 4 is 28.8 Å². The van der Waals surface area contributed by atoms with Crippen LogP contribution in [0.2, 0.25) is 0 Å². The molecule has 142 valence electrons. The van der Waals surface area contributed by atoms with E-state index in [1.807, 2.05) is 23.6 Å². The summed E-state index contributed by atoms with van der Waals surface area (Å²) in [6, 6.07) is 13.0. The third kappa shape index (κ3) is 3.89. The molecule has 2 heterocycles. The molecule has 2 aromatic carbocycles. The van der Waals surface area contributed by atoms with Gasteiger partial charge in [0.1, 0.15) is 5.75 Å². The van der Waals surface area contributed by atoms with E-state index in [4.69, 9.17) is 4.74 Å². The van der Waals surface area contributed by atoms with Gasteiger partial charge in [0.2, 0.25) is 5.91 Å². The minimum Gasteiger partial charge on any atom is -0.497 e. The fourth-order valence-corrected chi connectivity index (χ4v) is 3.90. The van der Waals surface area contributed by atoms with Gasteiger partial charge in [-0.2, -0.15) is 0 Å². The van der Waals surface area contributed by atoms with E-state index in [9.17, 15) is 9.59 Å². The Balaban J connectivity index is 1.36. The van der Waals surface area contributed by atoms with Gasteiger partial charge in [-0.05, 0) is 35.9 Å². The van der Waals surface area contributed by atoms with Gasteiger partial charge < -0.3 is 15.4 Å². The fourth-order valence-electron chi connectivity index (χ4n) is 3.10. The molecule has 2 N–H and O–H groups in total. The maximum absolute atomic E-state index is 12.2. The van der Waals surface area contributed by atoms with Crippen molar-refractivity contribution in [2.24, 2.45) is 0 Å². The van der Waals surface area contributed by atoms with Crippen LogP contribution < -0.4 is 15.4 Å². The van der Waals surface area contributed by atoms with Crippen molar-refractivity contribution in [3.05, 3.63) is 64.0 Å². The Morgan fingerprint density at radius 1 is 1.29 bits per heavy atom. The highest BCUT2D eigenvalue weighted by atomic mass is 32.1. The number of hydrogen-bond donors (Lipinski definition) is 2. The lowest BCUT2D eigenvalue weighted by Crippen LogP contribution is -2.25. The molecule has 0 spiro atoms. The van der Waals surface area contributed by atoms with Gasteiger partial charge in [0.05, 0.1) is 24.2 Å². The monoisotopic (exact) mass is 393 g/mol. The summed E-state index contributed by atoms with van der Waals surface area (Å²) < 4.78 is 5.15. The van der Waals surface area contributed by atoms with Crippen LogP contribution >= 0.6 is 11.3 Å². The summed E-state index contributed by atoms with van der Waals surface area (Å²) >= 11 is 1.57. The first-order valence-corrected chi connectivity index (χ1v) is 9.80. The quantitative estimate of drug-likeness (QED) is 0.673. The molecule has 0 saturated carbocycles. The number of nitrogens with one attached hydrogen (secondary N) is 2. The SMILES string of the molecule is COc1cccc(C(=O)NCCc2nc(-c3ccc4c(c3)CC(=O)N4)cs2)c1. The van der Waals surface area contributed by atoms with Crippen LogP contribution in [0.4, 0.5) is 5.69 Å². The van der Waals surface area contributed by atoms with Crippen LogP contribution in [-0.4, -0.2) is 30.5 Å². The minimum absolute atomic E-state index is 0.0258. The van der Waals surface area contributed by atoms with Crippen molar-refractivity contribution in [2.45, 2.75) is 12.8 Å². The number of anilines is 1. The third-order valence-electron chi connectivity index (χ3n) is 4.53. The summed E-state index contributed by atoms with van der Waals surface area (Å²) in [6.07, 6.45) is 1.07. The molecule has 1 aliphatic heterocycles. The van der Waals surface area contributed by atoms with Crippen molar-refractivity contribution in [1.29, 1.82) is 0 Å². The summed E-state index contributed by atoms with van der Waals surface area (Å²) in [4.78, 5) is 28.4. The second-order valence-corrected chi connectivity index (χ2v) is 7.40. The molecule has 0 unspecified atom stereocenters. The molecule has 0 saturated heterocycles. The molecule has 0 fully saturated rings. The van der Waals surface area contributed by atoms with Crippen LogP contribution in [-0.2, 0) is 17.6 Å². The van der Waals surface area contributed by atoms with E-state index >= 15 is 0 Å². The number of carbonyl (C=O) groups is 2. The highest BCUT2D eigenvalue weighted by Gasteiger charge is 2.18. The number of ether oxygens (including phenoxy) is 1. The van der Waals surface area contributed by atoms with Crippen LogP contribution in [0.3, 0.4) is 0 Å². The maximum Gasteiger partial charge on any atom is 0.251 e. The van der Waals surface area contributed by atoms with Gasteiger partial charge in [0.25, 0.3) is 5.91 Å². The predicted octanol–water partition coefficient (Wildman–Crippen LogP) is 3.29. The Morgan fingerprint density at radius 2 is 2.18 bits per heavy atom. The molecule has 28 heavy (non-hydrogen) atoms. The van der Waals surface area contributed by atoms with Crippen molar-refractivity contribution in [3.63, 3.8) is 0 Å². The van der Waals surface area contributed by atoms with Crippen LogP contribution in [0.15, 0.2) is 47.8 Å². The van der Waals surface area contributed by atoms with E-state index in [0.717, 1.165) is 27.5 Å². The van der Waals surface area contributed by atoms with Crippen LogP contribution in [0.5, 0.6) is 5.75 Å². The number of nitrogens with zero attached hydrogens (tertiary/aromatic N) is 1. The molecular formula is C21H19N3O3S. The average Bonchev–Trinajstić information content (AvgIpc) is 3.32. The minimum atomic E-state index is -0.133. The second kappa shape index (κ2) is 7.82. The van der Waals surface area contributed by atoms with Crippen molar-refractivity contribution in [1.82, 2.24) is 10.3 Å². The smallest absolute Gasteiger partial charge is 0.251 e. The molecule has 0 aliphatic carbocycles. The standard InChI is InChI=1S/C21H19N3O3S/c1-27-16-4-2-3-14(10-16)21(26)22-8-7-20-24-18(12-28-20)13-5-6-17-15(9-13)11-19(25)23-17/h2-6,9-10,12H,7-8,11H2,1H3,(H,22,26)(H,23,25). The highest BCUT2D eigenvalue weighted by molar-refractivity contribution is 7.09. The van der Waals surface area contributed by atoms with Crippen LogP contribution in [0.25, 0.3) is 11.3 Å². The molecule has 4 rings (SSSR count). The topological polar surface area (TPSA) is 80.3 Å². The van der Waals surface area contributed by atoms with Crippen molar-refractivity contribution < 1.29 is 14.3 Å². The lowest BCUT2D eigenvalue weighted by Gasteiger charge is -2.06. The van der Waals surface area contributed by atoms with Gasteiger partial charge in [0, 0.05) is 35.2 Å². The zero-order valence-electron chi connectivity index (χ0n) is 15.3. The molecule has 3 aromatic rings. The Kier molecular flexibility index (Phi) is 5.08. The number of carbonyl (C=O) groups excluding carboxylic acids is 2. The first-order valence-electron chi connectivity index (χ1n) is 8.92. The lowest BCUT2D eigenvalue weighted by molar-refractivity contribution is -0.115. The zero-order chi connectivity index (χ0) is 19.5. The number of aromatic nitrogens is 1. The molecule has 1 aromatic heterocycles. The van der Waals surface area contributed by atoms with Gasteiger partial charge >= 0.3 is 0 Å². The third-order valence-corrected chi connectivity index (χ3v) is 5.44. The number of benzene rings is 2. The van der Waals surface area contributed by atoms with E-state index in [1.54, 1.807) is 42.7 Å². The molecule has 7 heteroatoms. The number of thiazole rings is 1. The van der Waals surface area contributed by atoms with Crippen molar-refractivity contribution in [3.8, 4) is 17.0 Å². The number of amides is 2. The van der Waals surface area contributed by atoms with E-state index < -0.39 is 0 Å². The maximum atomic E-state index is 12.2. The van der Waals surface area contributed by atoms with Crippen LogP contribution in [0.1, 0.15) is 20.9 Å². The van der Waals surface area contributed by atoms with E-state index in [-0.39, 0.29) is 11.8 Å². The fraction of sp³-hybridized carbons (Fsp3) is 0.190. The Bertz CT molecular complexity index is 1040. The summed E-state index contributed by atoms with van der Waals surface area (Å²) in [6.45, 7) is 0.506. The van der Waals surface area contributed by atoms with Crippen molar-refractivity contribution in [2.75, 3.05) is 19.0 Å². The lowest BCUT2D eigenvalue weighted by atomic mass is 10.1. The Hall–Kier alpha value is -3.19. The number of rotatable bonds is 6. The summed E-state index contributed by atoms with van der Waals surface area (Å²) in [5.41, 5.74) is 4.34. The van der Waals surface area contributed by atoms with E-state index in [2.05, 4.69) is 15.6 Å². The number of hydrogen-bond acceptors (Lipinski definition) is 5. The number of methoxy groups -OCH3 is 1. The first kappa shape index (κ1) is 18.2. The molecule has 0 atom stereocenters. The first-order chi connectivity index (χ1) is 13.6. The molecular weight excluding hydrogens is 374 g/mol. The molecule has 1 aliphatic rings. The number of fused-ring (bicyclic) bond motifs is 1. The predicted molar refractivity (Wildman–Crippen MR) is 109 cm³/mol. The van der Waals surface area contributed by atoms with Gasteiger partial charge in [-0.3, -0.25) is 9.59 Å². The molecule has 2 amide bonds. The molecule has 0 bridgehead atoms.